The fourth-order valence-electron chi connectivity index (χ4n) is 2.56. The number of anilines is 1. The molecule has 3 N–H and O–H groups in total. The van der Waals surface area contributed by atoms with Crippen LogP contribution in [0.5, 0.6) is 0 Å². The maximum atomic E-state index is 12.4. The van der Waals surface area contributed by atoms with Gasteiger partial charge in [0, 0.05) is 24.2 Å². The molecule has 1 aromatic rings. The van der Waals surface area contributed by atoms with Gasteiger partial charge in [-0.1, -0.05) is 0 Å². The van der Waals surface area contributed by atoms with Gasteiger partial charge in [-0.05, 0) is 25.5 Å². The molecule has 1 saturated heterocycles. The van der Waals surface area contributed by atoms with Crippen molar-refractivity contribution in [1.82, 2.24) is 4.90 Å². The molecule has 2 rings (SSSR count). The van der Waals surface area contributed by atoms with Gasteiger partial charge in [0.2, 0.25) is 0 Å². The predicted octanol–water partition coefficient (Wildman–Crippen LogP) is 1.11. The Labute approximate surface area is 120 Å². The first-order valence-electron chi connectivity index (χ1n) is 6.40. The number of nitrogens with two attached hydrogens (primary N) is 1. The Bertz CT molecular complexity index is 616. The minimum Gasteiger partial charge on any atom is -0.481 e. The van der Waals surface area contributed by atoms with Crippen LogP contribution in [0.2, 0.25) is 0 Å². The summed E-state index contributed by atoms with van der Waals surface area (Å²) in [5.41, 5.74) is 5.27. The zero-order chi connectivity index (χ0) is 15.7. The number of carboxylic acid groups (broad SMARTS) is 1. The second kappa shape index (κ2) is 5.39. The van der Waals surface area contributed by atoms with Crippen molar-refractivity contribution >= 4 is 23.3 Å². The number of benzene rings is 1. The van der Waals surface area contributed by atoms with Crippen LogP contribution in [-0.2, 0) is 4.79 Å². The number of aliphatic carboxylic acids is 1. The van der Waals surface area contributed by atoms with Crippen LogP contribution in [0.4, 0.5) is 11.4 Å². The van der Waals surface area contributed by atoms with E-state index >= 15 is 0 Å². The van der Waals surface area contributed by atoms with Crippen molar-refractivity contribution in [3.8, 4) is 0 Å². The largest absolute Gasteiger partial charge is 0.481 e. The highest BCUT2D eigenvalue weighted by Crippen LogP contribution is 2.28. The lowest BCUT2D eigenvalue weighted by atomic mass is 10.0. The van der Waals surface area contributed by atoms with E-state index in [0.29, 0.717) is 13.0 Å². The van der Waals surface area contributed by atoms with Crippen LogP contribution in [0.15, 0.2) is 18.2 Å². The second-order valence-electron chi connectivity index (χ2n) is 5.00. The van der Waals surface area contributed by atoms with E-state index in [1.54, 1.807) is 6.92 Å². The monoisotopic (exact) mass is 293 g/mol. The summed E-state index contributed by atoms with van der Waals surface area (Å²) in [5.74, 6) is -1.98. The molecule has 0 saturated carbocycles. The molecule has 2 unspecified atom stereocenters. The van der Waals surface area contributed by atoms with E-state index in [0.717, 1.165) is 6.07 Å². The molecule has 1 aromatic carbocycles. The highest BCUT2D eigenvalue weighted by Gasteiger charge is 2.38. The van der Waals surface area contributed by atoms with Crippen molar-refractivity contribution in [2.24, 2.45) is 5.92 Å². The average molecular weight is 293 g/mol. The van der Waals surface area contributed by atoms with Gasteiger partial charge in [0.05, 0.1) is 10.8 Å². The normalized spacial score (nSPS) is 21.3. The third-order valence-electron chi connectivity index (χ3n) is 3.81. The Hall–Kier alpha value is -2.64. The average Bonchev–Trinajstić information content (AvgIpc) is 2.80. The van der Waals surface area contributed by atoms with Crippen molar-refractivity contribution < 1.29 is 19.6 Å². The summed E-state index contributed by atoms with van der Waals surface area (Å²) in [6.07, 6.45) is 0.374. The maximum Gasteiger partial charge on any atom is 0.308 e. The van der Waals surface area contributed by atoms with Crippen LogP contribution in [0.1, 0.15) is 23.7 Å². The van der Waals surface area contributed by atoms with Crippen LogP contribution in [0, 0.1) is 16.0 Å². The lowest BCUT2D eigenvalue weighted by Crippen LogP contribution is -2.37. The van der Waals surface area contributed by atoms with E-state index in [-0.39, 0.29) is 16.9 Å². The third-order valence-corrected chi connectivity index (χ3v) is 3.81. The van der Waals surface area contributed by atoms with Crippen LogP contribution in [-0.4, -0.2) is 39.4 Å². The van der Waals surface area contributed by atoms with E-state index in [2.05, 4.69) is 0 Å². The molecule has 1 aliphatic rings. The first kappa shape index (κ1) is 14.8. The molecule has 1 heterocycles. The van der Waals surface area contributed by atoms with Gasteiger partial charge in [-0.2, -0.15) is 0 Å². The van der Waals surface area contributed by atoms with Gasteiger partial charge in [-0.25, -0.2) is 0 Å². The van der Waals surface area contributed by atoms with Crippen LogP contribution in [0.3, 0.4) is 0 Å². The zero-order valence-corrected chi connectivity index (χ0v) is 11.4. The fraction of sp³-hybridized carbons (Fsp3) is 0.385. The van der Waals surface area contributed by atoms with Crippen molar-refractivity contribution in [2.45, 2.75) is 19.4 Å². The number of nitrogen functional groups attached to an aromatic ring is 1. The van der Waals surface area contributed by atoms with Crippen LogP contribution < -0.4 is 5.73 Å². The number of rotatable bonds is 3. The van der Waals surface area contributed by atoms with Gasteiger partial charge >= 0.3 is 5.97 Å². The van der Waals surface area contributed by atoms with Crippen molar-refractivity contribution in [3.05, 3.63) is 33.9 Å². The lowest BCUT2D eigenvalue weighted by Gasteiger charge is -2.23. The van der Waals surface area contributed by atoms with E-state index in [1.807, 2.05) is 0 Å². The van der Waals surface area contributed by atoms with E-state index in [4.69, 9.17) is 10.8 Å². The highest BCUT2D eigenvalue weighted by atomic mass is 16.6. The summed E-state index contributed by atoms with van der Waals surface area (Å²) in [4.78, 5) is 35.1. The minimum atomic E-state index is -0.943. The Morgan fingerprint density at radius 2 is 2.14 bits per heavy atom. The molecule has 21 heavy (non-hydrogen) atoms. The molecule has 0 bridgehead atoms. The Kier molecular flexibility index (Phi) is 3.79. The number of carbonyl (C=O) groups excluding carboxylic acids is 1. The summed E-state index contributed by atoms with van der Waals surface area (Å²) in [5, 5.41) is 19.9. The predicted molar refractivity (Wildman–Crippen MR) is 73.8 cm³/mol. The molecule has 2 atom stereocenters. The third kappa shape index (κ3) is 2.64. The number of carboxylic acids is 1. The number of nitro benzene ring substituents is 1. The quantitative estimate of drug-likeness (QED) is 0.488. The smallest absolute Gasteiger partial charge is 0.308 e. The molecule has 1 aliphatic heterocycles. The fourth-order valence-corrected chi connectivity index (χ4v) is 2.56. The maximum absolute atomic E-state index is 12.4. The number of likely N-dealkylation sites (tertiary alicyclic amines) is 1. The zero-order valence-electron chi connectivity index (χ0n) is 11.4. The van der Waals surface area contributed by atoms with Crippen molar-refractivity contribution in [1.29, 1.82) is 0 Å². The molecule has 8 nitrogen and oxygen atoms in total. The van der Waals surface area contributed by atoms with E-state index < -0.39 is 28.8 Å². The van der Waals surface area contributed by atoms with Crippen LogP contribution in [0.25, 0.3) is 0 Å². The Morgan fingerprint density at radius 3 is 2.67 bits per heavy atom. The lowest BCUT2D eigenvalue weighted by molar-refractivity contribution is -0.383. The topological polar surface area (TPSA) is 127 Å². The number of hydrogen-bond acceptors (Lipinski definition) is 5. The summed E-state index contributed by atoms with van der Waals surface area (Å²) in [6, 6.07) is 3.39. The first-order valence-corrected chi connectivity index (χ1v) is 6.40. The summed E-state index contributed by atoms with van der Waals surface area (Å²) >= 11 is 0. The Balaban J connectivity index is 2.27. The summed E-state index contributed by atoms with van der Waals surface area (Å²) in [6.45, 7) is 1.98. The van der Waals surface area contributed by atoms with E-state index in [1.165, 1.54) is 17.0 Å². The number of nitro groups is 1. The van der Waals surface area contributed by atoms with Gasteiger partial charge in [0.1, 0.15) is 5.69 Å². The molecular weight excluding hydrogens is 278 g/mol. The molecule has 0 radical (unpaired) electrons. The molecule has 1 amide bonds. The highest BCUT2D eigenvalue weighted by molar-refractivity contribution is 5.96. The van der Waals surface area contributed by atoms with Gasteiger partial charge in [-0.3, -0.25) is 19.7 Å². The van der Waals surface area contributed by atoms with Gasteiger partial charge < -0.3 is 15.7 Å². The molecule has 0 spiro atoms. The Morgan fingerprint density at radius 1 is 1.48 bits per heavy atom. The number of amides is 1. The van der Waals surface area contributed by atoms with Gasteiger partial charge in [0.25, 0.3) is 11.6 Å². The standard InChI is InChI=1S/C13H15N3O5/c1-7-9(13(18)19)4-5-15(7)12(17)8-2-3-10(14)11(6-8)16(20)21/h2-3,6-7,9H,4-5,14H2,1H3,(H,18,19). The van der Waals surface area contributed by atoms with Gasteiger partial charge in [-0.15, -0.1) is 0 Å². The molecule has 0 aromatic heterocycles. The molecule has 1 fully saturated rings. The van der Waals surface area contributed by atoms with Crippen molar-refractivity contribution in [2.75, 3.05) is 12.3 Å². The van der Waals surface area contributed by atoms with Crippen LogP contribution >= 0.6 is 0 Å². The number of nitrogens with zero attached hydrogens (tertiary/aromatic N) is 2. The number of hydrogen-bond donors (Lipinski definition) is 2. The molecular formula is C13H15N3O5. The summed E-state index contributed by atoms with van der Waals surface area (Å²) in [7, 11) is 0. The molecule has 8 heteroatoms. The second-order valence-corrected chi connectivity index (χ2v) is 5.00. The minimum absolute atomic E-state index is 0.0190. The molecule has 0 aliphatic carbocycles. The van der Waals surface area contributed by atoms with Crippen molar-refractivity contribution in [3.63, 3.8) is 0 Å². The molecule has 112 valence electrons. The van der Waals surface area contributed by atoms with E-state index in [9.17, 15) is 19.7 Å². The first-order chi connectivity index (χ1) is 9.82. The SMILES string of the molecule is CC1C(C(=O)O)CCN1C(=O)c1ccc(N)c([N+](=O)[O-])c1. The number of carbonyl (C=O) groups is 2. The van der Waals surface area contributed by atoms with Gasteiger partial charge in [0.15, 0.2) is 0 Å². The summed E-state index contributed by atoms with van der Waals surface area (Å²) < 4.78 is 0.